The third kappa shape index (κ3) is 2.51. The number of fused-ring (bicyclic) bond motifs is 2. The predicted molar refractivity (Wildman–Crippen MR) is 104 cm³/mol. The van der Waals surface area contributed by atoms with Gasteiger partial charge in [-0.1, -0.05) is 11.6 Å². The highest BCUT2D eigenvalue weighted by Gasteiger charge is 2.34. The molecule has 4 aromatic rings. The summed E-state index contributed by atoms with van der Waals surface area (Å²) in [5.41, 5.74) is 3.49. The molecule has 0 fully saturated rings. The van der Waals surface area contributed by atoms with Crippen molar-refractivity contribution in [3.05, 3.63) is 71.7 Å². The van der Waals surface area contributed by atoms with Crippen LogP contribution in [0.4, 0.5) is 10.1 Å². The van der Waals surface area contributed by atoms with Gasteiger partial charge in [-0.25, -0.2) is 9.37 Å². The summed E-state index contributed by atoms with van der Waals surface area (Å²) in [7, 11) is 0. The lowest BCUT2D eigenvalue weighted by Gasteiger charge is -2.32. The largest absolute Gasteiger partial charge is 0.306 e. The van der Waals surface area contributed by atoms with E-state index in [1.54, 1.807) is 28.0 Å². The minimum Gasteiger partial charge on any atom is -0.306 e. The van der Waals surface area contributed by atoms with Gasteiger partial charge in [0.15, 0.2) is 0 Å². The summed E-state index contributed by atoms with van der Waals surface area (Å²) in [6, 6.07) is 8.09. The van der Waals surface area contributed by atoms with Crippen molar-refractivity contribution in [1.82, 2.24) is 19.2 Å². The molecule has 8 heteroatoms. The van der Waals surface area contributed by atoms with E-state index in [-0.39, 0.29) is 17.0 Å². The first-order valence-corrected chi connectivity index (χ1v) is 9.18. The smallest absolute Gasteiger partial charge is 0.277 e. The molecule has 0 unspecified atom stereocenters. The number of hydrogen-bond donors (Lipinski definition) is 0. The van der Waals surface area contributed by atoms with Gasteiger partial charge in [0.05, 0.1) is 17.3 Å². The maximum Gasteiger partial charge on any atom is 0.277 e. The third-order valence-electron chi connectivity index (χ3n) is 5.02. The van der Waals surface area contributed by atoms with Gasteiger partial charge in [0.2, 0.25) is 0 Å². The Bertz CT molecular complexity index is 1230. The highest BCUT2D eigenvalue weighted by molar-refractivity contribution is 6.31. The number of aromatic nitrogens is 4. The number of hydrogen-bond acceptors (Lipinski definition) is 3. The van der Waals surface area contributed by atoms with E-state index in [9.17, 15) is 9.18 Å². The van der Waals surface area contributed by atoms with Gasteiger partial charge < -0.3 is 9.30 Å². The fourth-order valence-corrected chi connectivity index (χ4v) is 3.80. The molecule has 0 aliphatic carbocycles. The van der Waals surface area contributed by atoms with Crippen LogP contribution in [0.5, 0.6) is 0 Å². The maximum absolute atomic E-state index is 13.6. The van der Waals surface area contributed by atoms with Crippen LogP contribution in [-0.2, 0) is 0 Å². The van der Waals surface area contributed by atoms with E-state index >= 15 is 0 Å². The van der Waals surface area contributed by atoms with Crippen molar-refractivity contribution in [1.29, 1.82) is 0 Å². The first kappa shape index (κ1) is 16.9. The van der Waals surface area contributed by atoms with Crippen molar-refractivity contribution in [3.8, 4) is 11.1 Å². The van der Waals surface area contributed by atoms with E-state index in [1.165, 1.54) is 12.1 Å². The summed E-state index contributed by atoms with van der Waals surface area (Å²) in [4.78, 5) is 19.2. The molecule has 3 aromatic heterocycles. The molecule has 4 heterocycles. The number of carbonyl (C=O) groups is 1. The van der Waals surface area contributed by atoms with Crippen molar-refractivity contribution >= 4 is 28.8 Å². The Kier molecular flexibility index (Phi) is 3.73. The van der Waals surface area contributed by atoms with Gasteiger partial charge >= 0.3 is 0 Å². The third-order valence-corrected chi connectivity index (χ3v) is 5.31. The lowest BCUT2D eigenvalue weighted by molar-refractivity contribution is 0.0954. The number of amides is 1. The van der Waals surface area contributed by atoms with Crippen LogP contribution in [0.1, 0.15) is 23.5 Å². The van der Waals surface area contributed by atoms with Crippen molar-refractivity contribution in [2.24, 2.45) is 0 Å². The minimum atomic E-state index is -0.512. The second kappa shape index (κ2) is 6.17. The van der Waals surface area contributed by atoms with Crippen LogP contribution in [0.25, 0.3) is 16.8 Å². The summed E-state index contributed by atoms with van der Waals surface area (Å²) in [6.45, 7) is 2.42. The Hall–Kier alpha value is -3.19. The van der Waals surface area contributed by atoms with E-state index in [2.05, 4.69) is 10.1 Å². The number of anilines is 1. The molecule has 6 nitrogen and oxygen atoms in total. The topological polar surface area (TPSA) is 55.4 Å². The standard InChI is InChI=1S/C20H15ClFN5O/c1-12-10-26(14-3-4-17(22)16(21)8-14)20(28)19-15(9-24-27(12)19)13-2-5-18-23-6-7-25(18)11-13/h2-9,11-12H,10H2,1H3/t12-/m0/s1. The van der Waals surface area contributed by atoms with Gasteiger partial charge in [0, 0.05) is 41.9 Å². The van der Waals surface area contributed by atoms with E-state index in [0.29, 0.717) is 17.9 Å². The fraction of sp³-hybridized carbons (Fsp3) is 0.150. The molecule has 0 spiro atoms. The molecule has 28 heavy (non-hydrogen) atoms. The maximum atomic E-state index is 13.6. The number of imidazole rings is 1. The zero-order chi connectivity index (χ0) is 19.4. The van der Waals surface area contributed by atoms with E-state index < -0.39 is 5.82 Å². The van der Waals surface area contributed by atoms with Gasteiger partial charge in [0.1, 0.15) is 17.2 Å². The lowest BCUT2D eigenvalue weighted by atomic mass is 10.0. The molecular formula is C20H15ClFN5O. The molecule has 0 N–H and O–H groups in total. The van der Waals surface area contributed by atoms with Gasteiger partial charge in [0.25, 0.3) is 5.91 Å². The first-order valence-electron chi connectivity index (χ1n) is 8.80. The molecule has 5 rings (SSSR count). The molecule has 1 amide bonds. The van der Waals surface area contributed by atoms with E-state index in [4.69, 9.17) is 11.6 Å². The molecule has 0 saturated heterocycles. The van der Waals surface area contributed by atoms with Gasteiger partial charge in [-0.05, 0) is 37.3 Å². The molecular weight excluding hydrogens is 381 g/mol. The number of nitrogens with zero attached hydrogens (tertiary/aromatic N) is 5. The molecule has 1 aromatic carbocycles. The number of rotatable bonds is 2. The van der Waals surface area contributed by atoms with Gasteiger partial charge in [-0.3, -0.25) is 9.48 Å². The Labute approximate surface area is 164 Å². The van der Waals surface area contributed by atoms with Crippen molar-refractivity contribution in [3.63, 3.8) is 0 Å². The van der Waals surface area contributed by atoms with Crippen LogP contribution >= 0.6 is 11.6 Å². The summed E-state index contributed by atoms with van der Waals surface area (Å²) in [5, 5.41) is 4.44. The van der Waals surface area contributed by atoms with Crippen LogP contribution in [0.15, 0.2) is 55.1 Å². The molecule has 1 aliphatic rings. The normalized spacial score (nSPS) is 16.6. The molecule has 0 radical (unpaired) electrons. The van der Waals surface area contributed by atoms with Crippen LogP contribution in [0.3, 0.4) is 0 Å². The van der Waals surface area contributed by atoms with Crippen molar-refractivity contribution in [2.75, 3.05) is 11.4 Å². The summed E-state index contributed by atoms with van der Waals surface area (Å²) < 4.78 is 17.2. The summed E-state index contributed by atoms with van der Waals surface area (Å²) in [6.07, 6.45) is 7.21. The quantitative estimate of drug-likeness (QED) is 0.511. The Balaban J connectivity index is 1.62. The highest BCUT2D eigenvalue weighted by atomic mass is 35.5. The Morgan fingerprint density at radius 2 is 2.11 bits per heavy atom. The van der Waals surface area contributed by atoms with E-state index in [0.717, 1.165) is 16.8 Å². The average Bonchev–Trinajstić information content (AvgIpc) is 3.33. The van der Waals surface area contributed by atoms with E-state index in [1.807, 2.05) is 35.9 Å². The Morgan fingerprint density at radius 3 is 2.93 bits per heavy atom. The van der Waals surface area contributed by atoms with Crippen LogP contribution in [0, 0.1) is 5.82 Å². The van der Waals surface area contributed by atoms with Crippen LogP contribution in [0.2, 0.25) is 5.02 Å². The molecule has 140 valence electrons. The average molecular weight is 396 g/mol. The van der Waals surface area contributed by atoms with Gasteiger partial charge in [-0.15, -0.1) is 0 Å². The zero-order valence-electron chi connectivity index (χ0n) is 14.9. The molecule has 1 atom stereocenters. The number of carbonyl (C=O) groups excluding carboxylic acids is 1. The Morgan fingerprint density at radius 1 is 1.25 bits per heavy atom. The fourth-order valence-electron chi connectivity index (χ4n) is 3.63. The van der Waals surface area contributed by atoms with Gasteiger partial charge in [-0.2, -0.15) is 5.10 Å². The molecule has 0 bridgehead atoms. The summed E-state index contributed by atoms with van der Waals surface area (Å²) in [5.74, 6) is -0.707. The second-order valence-corrected chi connectivity index (χ2v) is 7.23. The number of benzene rings is 1. The SMILES string of the molecule is C[C@H]1CN(c2ccc(F)c(Cl)c2)C(=O)c2c(-c3ccc4nccn4c3)cnn21. The molecule has 0 saturated carbocycles. The number of pyridine rings is 1. The zero-order valence-corrected chi connectivity index (χ0v) is 15.6. The van der Waals surface area contributed by atoms with Crippen molar-refractivity contribution in [2.45, 2.75) is 13.0 Å². The second-order valence-electron chi connectivity index (χ2n) is 6.83. The predicted octanol–water partition coefficient (Wildman–Crippen LogP) is 4.21. The van der Waals surface area contributed by atoms with Crippen LogP contribution < -0.4 is 4.90 Å². The number of halogens is 2. The first-order chi connectivity index (χ1) is 13.5. The molecule has 1 aliphatic heterocycles. The summed E-state index contributed by atoms with van der Waals surface area (Å²) >= 11 is 5.93. The monoisotopic (exact) mass is 395 g/mol. The lowest BCUT2D eigenvalue weighted by Crippen LogP contribution is -2.42. The highest BCUT2D eigenvalue weighted by Crippen LogP contribution is 2.33. The van der Waals surface area contributed by atoms with Crippen molar-refractivity contribution < 1.29 is 9.18 Å². The minimum absolute atomic E-state index is 0.0113. The van der Waals surface area contributed by atoms with Crippen LogP contribution in [-0.4, -0.2) is 31.6 Å².